The van der Waals surface area contributed by atoms with Gasteiger partial charge < -0.3 is 30.0 Å². The largest absolute Gasteiger partial charge is 0.548 e. The minimum Gasteiger partial charge on any atom is -0.548 e. The average Bonchev–Trinajstić information content (AvgIpc) is 2.54. The first kappa shape index (κ1) is 18.8. The van der Waals surface area contributed by atoms with Crippen LogP contribution in [0.25, 0.3) is 0 Å². The van der Waals surface area contributed by atoms with E-state index < -0.39 is 17.9 Å². The number of benzene rings is 1. The molecule has 0 aliphatic heterocycles. The van der Waals surface area contributed by atoms with Gasteiger partial charge in [0.1, 0.15) is 11.5 Å². The molecule has 7 heteroatoms. The van der Waals surface area contributed by atoms with E-state index in [1.165, 1.54) is 14.2 Å². The smallest absolute Gasteiger partial charge is 0.226 e. The fourth-order valence-electron chi connectivity index (χ4n) is 1.98. The molecule has 0 aromatic heterocycles. The Morgan fingerprint density at radius 1 is 1.26 bits per heavy atom. The van der Waals surface area contributed by atoms with Crippen LogP contribution in [0.1, 0.15) is 26.2 Å². The highest BCUT2D eigenvalue weighted by Crippen LogP contribution is 2.29. The van der Waals surface area contributed by atoms with Crippen molar-refractivity contribution in [1.82, 2.24) is 5.32 Å². The monoisotopic (exact) mass is 323 g/mol. The second-order valence-electron chi connectivity index (χ2n) is 5.00. The molecular weight excluding hydrogens is 300 g/mol. The molecule has 0 radical (unpaired) electrons. The standard InChI is InChI=1S/C16H24N2O5/c1-4-5-8-17-13(16(20)21)10-15(19)18-12-7-6-11(22-2)9-14(12)23-3/h6-7,9,13,17H,4-5,8,10H2,1-3H3,(H,18,19)(H,20,21)/p-1. The first-order valence-electron chi connectivity index (χ1n) is 7.47. The fourth-order valence-corrected chi connectivity index (χ4v) is 1.98. The third kappa shape index (κ3) is 6.15. The molecule has 23 heavy (non-hydrogen) atoms. The van der Waals surface area contributed by atoms with Gasteiger partial charge in [0.25, 0.3) is 0 Å². The Morgan fingerprint density at radius 3 is 2.57 bits per heavy atom. The Balaban J connectivity index is 2.68. The SMILES string of the molecule is CCCCNC(CC(=O)Nc1ccc(OC)cc1OC)C(=O)[O-]. The van der Waals surface area contributed by atoms with E-state index in [0.717, 1.165) is 12.8 Å². The van der Waals surface area contributed by atoms with Gasteiger partial charge >= 0.3 is 0 Å². The van der Waals surface area contributed by atoms with E-state index >= 15 is 0 Å². The molecule has 1 amide bonds. The highest BCUT2D eigenvalue weighted by atomic mass is 16.5. The van der Waals surface area contributed by atoms with E-state index in [0.29, 0.717) is 23.7 Å². The van der Waals surface area contributed by atoms with Crippen molar-refractivity contribution in [1.29, 1.82) is 0 Å². The molecule has 0 heterocycles. The normalized spacial score (nSPS) is 11.6. The maximum atomic E-state index is 12.1. The van der Waals surface area contributed by atoms with E-state index in [2.05, 4.69) is 10.6 Å². The highest BCUT2D eigenvalue weighted by molar-refractivity contribution is 5.95. The second-order valence-corrected chi connectivity index (χ2v) is 5.00. The number of hydrogen-bond acceptors (Lipinski definition) is 6. The molecule has 0 bridgehead atoms. The summed E-state index contributed by atoms with van der Waals surface area (Å²) in [7, 11) is 3.00. The van der Waals surface area contributed by atoms with Gasteiger partial charge in [-0.05, 0) is 25.1 Å². The molecule has 0 fully saturated rings. The third-order valence-corrected chi connectivity index (χ3v) is 3.28. The summed E-state index contributed by atoms with van der Waals surface area (Å²) in [4.78, 5) is 23.1. The summed E-state index contributed by atoms with van der Waals surface area (Å²) < 4.78 is 10.3. The summed E-state index contributed by atoms with van der Waals surface area (Å²) in [5.41, 5.74) is 0.448. The van der Waals surface area contributed by atoms with Gasteiger partial charge in [0, 0.05) is 12.5 Å². The number of amides is 1. The number of hydrogen-bond donors (Lipinski definition) is 2. The number of carboxylic acids is 1. The quantitative estimate of drug-likeness (QED) is 0.610. The zero-order valence-electron chi connectivity index (χ0n) is 13.7. The molecule has 128 valence electrons. The van der Waals surface area contributed by atoms with Crippen LogP contribution in [0.4, 0.5) is 5.69 Å². The van der Waals surface area contributed by atoms with Gasteiger partial charge in [-0.2, -0.15) is 0 Å². The van der Waals surface area contributed by atoms with Crippen molar-refractivity contribution in [3.05, 3.63) is 18.2 Å². The minimum absolute atomic E-state index is 0.221. The number of carbonyl (C=O) groups is 2. The van der Waals surface area contributed by atoms with E-state index in [4.69, 9.17) is 9.47 Å². The number of rotatable bonds is 10. The lowest BCUT2D eigenvalue weighted by Crippen LogP contribution is -2.47. The summed E-state index contributed by atoms with van der Waals surface area (Å²) in [6.45, 7) is 2.52. The van der Waals surface area contributed by atoms with E-state index in [-0.39, 0.29) is 6.42 Å². The van der Waals surface area contributed by atoms with Crippen LogP contribution in [0, 0.1) is 0 Å². The lowest BCUT2D eigenvalue weighted by atomic mass is 10.1. The van der Waals surface area contributed by atoms with Gasteiger partial charge in [-0.3, -0.25) is 4.79 Å². The Morgan fingerprint density at radius 2 is 2.00 bits per heavy atom. The molecule has 7 nitrogen and oxygen atoms in total. The van der Waals surface area contributed by atoms with Crippen LogP contribution < -0.4 is 25.2 Å². The molecule has 1 unspecified atom stereocenters. The molecule has 0 saturated heterocycles. The fraction of sp³-hybridized carbons (Fsp3) is 0.500. The molecule has 0 aliphatic carbocycles. The number of methoxy groups -OCH3 is 2. The number of ether oxygens (including phenoxy) is 2. The van der Waals surface area contributed by atoms with Crippen molar-refractivity contribution < 1.29 is 24.2 Å². The van der Waals surface area contributed by atoms with Crippen LogP contribution in [0.2, 0.25) is 0 Å². The predicted octanol–water partition coefficient (Wildman–Crippen LogP) is 0.541. The van der Waals surface area contributed by atoms with Crippen molar-refractivity contribution in [3.63, 3.8) is 0 Å². The number of anilines is 1. The van der Waals surface area contributed by atoms with Gasteiger partial charge in [0.15, 0.2) is 0 Å². The lowest BCUT2D eigenvalue weighted by Gasteiger charge is -2.19. The molecule has 1 rings (SSSR count). The number of carbonyl (C=O) groups excluding carboxylic acids is 2. The van der Waals surface area contributed by atoms with Gasteiger partial charge in [-0.1, -0.05) is 13.3 Å². The van der Waals surface area contributed by atoms with Gasteiger partial charge in [-0.15, -0.1) is 0 Å². The molecule has 2 N–H and O–H groups in total. The summed E-state index contributed by atoms with van der Waals surface area (Å²) in [5.74, 6) is -0.708. The Bertz CT molecular complexity index is 533. The Hall–Kier alpha value is -2.28. The van der Waals surface area contributed by atoms with Crippen molar-refractivity contribution in [2.75, 3.05) is 26.1 Å². The molecule has 0 saturated carbocycles. The van der Waals surface area contributed by atoms with Crippen LogP contribution in [-0.4, -0.2) is 38.7 Å². The van der Waals surface area contributed by atoms with Crippen molar-refractivity contribution >= 4 is 17.6 Å². The number of aliphatic carboxylic acids is 1. The van der Waals surface area contributed by atoms with Gasteiger partial charge in [0.05, 0.1) is 31.9 Å². The van der Waals surface area contributed by atoms with Crippen LogP contribution in [0.5, 0.6) is 11.5 Å². The zero-order chi connectivity index (χ0) is 17.2. The second kappa shape index (κ2) is 9.68. The number of unbranched alkanes of at least 4 members (excludes halogenated alkanes) is 1. The van der Waals surface area contributed by atoms with Crippen LogP contribution >= 0.6 is 0 Å². The summed E-state index contributed by atoms with van der Waals surface area (Å²) in [6.07, 6.45) is 1.54. The molecular formula is C16H23N2O5-. The Kier molecular flexibility index (Phi) is 7.90. The summed E-state index contributed by atoms with van der Waals surface area (Å²) >= 11 is 0. The lowest BCUT2D eigenvalue weighted by molar-refractivity contribution is -0.308. The highest BCUT2D eigenvalue weighted by Gasteiger charge is 2.16. The topological polar surface area (TPSA) is 99.7 Å². The molecule has 1 aromatic carbocycles. The predicted molar refractivity (Wildman–Crippen MR) is 84.5 cm³/mol. The number of carboxylic acid groups (broad SMARTS) is 1. The van der Waals surface area contributed by atoms with Gasteiger partial charge in [0.2, 0.25) is 5.91 Å². The number of nitrogens with one attached hydrogen (secondary N) is 2. The minimum atomic E-state index is -1.29. The van der Waals surface area contributed by atoms with Crippen molar-refractivity contribution in [3.8, 4) is 11.5 Å². The summed E-state index contributed by atoms with van der Waals surface area (Å²) in [5, 5.41) is 16.5. The average molecular weight is 323 g/mol. The maximum absolute atomic E-state index is 12.1. The van der Waals surface area contributed by atoms with Gasteiger partial charge in [-0.25, -0.2) is 0 Å². The van der Waals surface area contributed by atoms with E-state index in [9.17, 15) is 14.7 Å². The Labute approximate surface area is 136 Å². The molecule has 1 aromatic rings. The first-order valence-corrected chi connectivity index (χ1v) is 7.47. The van der Waals surface area contributed by atoms with Crippen LogP contribution in [-0.2, 0) is 9.59 Å². The van der Waals surface area contributed by atoms with Crippen LogP contribution in [0.15, 0.2) is 18.2 Å². The van der Waals surface area contributed by atoms with E-state index in [1.807, 2.05) is 6.92 Å². The van der Waals surface area contributed by atoms with Crippen LogP contribution in [0.3, 0.4) is 0 Å². The molecule has 0 spiro atoms. The summed E-state index contributed by atoms with van der Waals surface area (Å²) in [6, 6.07) is 3.92. The third-order valence-electron chi connectivity index (χ3n) is 3.28. The molecule has 1 atom stereocenters. The molecule has 0 aliphatic rings. The van der Waals surface area contributed by atoms with Crippen molar-refractivity contribution in [2.24, 2.45) is 0 Å². The first-order chi connectivity index (χ1) is 11.0. The van der Waals surface area contributed by atoms with Crippen molar-refractivity contribution in [2.45, 2.75) is 32.2 Å². The van der Waals surface area contributed by atoms with E-state index in [1.54, 1.807) is 18.2 Å². The zero-order valence-corrected chi connectivity index (χ0v) is 13.7. The maximum Gasteiger partial charge on any atom is 0.226 e.